The van der Waals surface area contributed by atoms with Gasteiger partial charge in [-0.3, -0.25) is 4.99 Å². The number of rotatable bonds is 8. The quantitative estimate of drug-likeness (QED) is 0.293. The lowest BCUT2D eigenvalue weighted by Crippen LogP contribution is -2.40. The number of halogens is 1. The highest BCUT2D eigenvalue weighted by Crippen LogP contribution is 2.07. The maximum Gasteiger partial charge on any atom is 0.191 e. The van der Waals surface area contributed by atoms with E-state index in [-0.39, 0.29) is 29.6 Å². The van der Waals surface area contributed by atoms with Gasteiger partial charge in [0.2, 0.25) is 0 Å². The van der Waals surface area contributed by atoms with Gasteiger partial charge >= 0.3 is 0 Å². The third-order valence-corrected chi connectivity index (χ3v) is 2.97. The molecule has 0 amide bonds. The summed E-state index contributed by atoms with van der Waals surface area (Å²) in [4.78, 5) is 4.55. The van der Waals surface area contributed by atoms with Crippen LogP contribution < -0.4 is 10.6 Å². The molecule has 0 bridgehead atoms. The molecule has 0 unspecified atom stereocenters. The van der Waals surface area contributed by atoms with E-state index in [4.69, 9.17) is 9.15 Å². The van der Waals surface area contributed by atoms with Crippen molar-refractivity contribution in [2.75, 3.05) is 26.7 Å². The van der Waals surface area contributed by atoms with Crippen molar-refractivity contribution in [3.63, 3.8) is 0 Å². The molecule has 0 aliphatic rings. The van der Waals surface area contributed by atoms with Crippen LogP contribution in [0.1, 0.15) is 26.5 Å². The first kappa shape index (κ1) is 21.0. The number of furan rings is 1. The van der Waals surface area contributed by atoms with E-state index in [1.165, 1.54) is 0 Å². The van der Waals surface area contributed by atoms with Gasteiger partial charge in [-0.25, -0.2) is 0 Å². The van der Waals surface area contributed by atoms with E-state index in [1.54, 1.807) is 13.4 Å². The monoisotopic (exact) mass is 421 g/mol. The van der Waals surface area contributed by atoms with Crippen LogP contribution in [0.25, 0.3) is 0 Å². The second-order valence-electron chi connectivity index (χ2n) is 5.70. The third-order valence-electron chi connectivity index (χ3n) is 2.97. The van der Waals surface area contributed by atoms with Crippen LogP contribution in [-0.2, 0) is 11.2 Å². The minimum absolute atomic E-state index is 0. The predicted molar refractivity (Wildman–Crippen MR) is 102 cm³/mol. The fourth-order valence-electron chi connectivity index (χ4n) is 1.50. The van der Waals surface area contributed by atoms with Crippen LogP contribution in [0.5, 0.6) is 0 Å². The fourth-order valence-corrected chi connectivity index (χ4v) is 1.50. The summed E-state index contributed by atoms with van der Waals surface area (Å²) in [7, 11) is 1.70. The van der Waals surface area contributed by atoms with Crippen LogP contribution in [0.4, 0.5) is 0 Å². The summed E-state index contributed by atoms with van der Waals surface area (Å²) >= 11 is 0. The van der Waals surface area contributed by atoms with E-state index in [0.29, 0.717) is 13.1 Å². The zero-order valence-corrected chi connectivity index (χ0v) is 16.3. The molecule has 0 aromatic carbocycles. The summed E-state index contributed by atoms with van der Waals surface area (Å²) in [6.07, 6.45) is 2.50. The molecule has 1 heterocycles. The second-order valence-corrected chi connectivity index (χ2v) is 5.70. The Morgan fingerprint density at radius 2 is 2.14 bits per heavy atom. The van der Waals surface area contributed by atoms with Crippen LogP contribution in [0.3, 0.4) is 0 Å². The number of aliphatic imine (C=N–C) groups is 1. The SMILES string of the molecule is C=C(C)CNC(=NCC(C)(C)OC)NCCc1ccco1.I. The third kappa shape index (κ3) is 9.09. The first-order valence-electron chi connectivity index (χ1n) is 7.17. The molecule has 126 valence electrons. The maximum absolute atomic E-state index is 5.38. The van der Waals surface area contributed by atoms with Crippen LogP contribution >= 0.6 is 24.0 Å². The van der Waals surface area contributed by atoms with Gasteiger partial charge in [-0.05, 0) is 32.9 Å². The number of nitrogens with zero attached hydrogens (tertiary/aromatic N) is 1. The molecule has 22 heavy (non-hydrogen) atoms. The molecule has 0 aliphatic carbocycles. The van der Waals surface area contributed by atoms with E-state index in [0.717, 1.165) is 30.3 Å². The number of nitrogens with one attached hydrogen (secondary N) is 2. The Balaban J connectivity index is 0.00000441. The van der Waals surface area contributed by atoms with Gasteiger partial charge in [0.1, 0.15) is 5.76 Å². The minimum Gasteiger partial charge on any atom is -0.469 e. The number of ether oxygens (including phenoxy) is 1. The van der Waals surface area contributed by atoms with Crippen LogP contribution in [-0.4, -0.2) is 38.3 Å². The smallest absolute Gasteiger partial charge is 0.191 e. The molecular weight excluding hydrogens is 393 g/mol. The van der Waals surface area contributed by atoms with Crippen molar-refractivity contribution >= 4 is 29.9 Å². The van der Waals surface area contributed by atoms with Crippen molar-refractivity contribution in [1.29, 1.82) is 0 Å². The van der Waals surface area contributed by atoms with Crippen molar-refractivity contribution in [2.45, 2.75) is 32.8 Å². The Labute approximate surface area is 150 Å². The fraction of sp³-hybridized carbons (Fsp3) is 0.562. The molecule has 0 aliphatic heterocycles. The normalized spacial score (nSPS) is 11.7. The molecule has 0 fully saturated rings. The standard InChI is InChI=1S/C16H27N3O2.HI/c1-13(2)11-18-15(19-12-16(3,4)20-5)17-9-8-14-7-6-10-21-14;/h6-7,10H,1,8-9,11-12H2,2-5H3,(H2,17,18,19);1H. The molecule has 0 saturated heterocycles. The van der Waals surface area contributed by atoms with Crippen molar-refractivity contribution < 1.29 is 9.15 Å². The Kier molecular flexibility index (Phi) is 10.2. The summed E-state index contributed by atoms with van der Waals surface area (Å²) in [5, 5.41) is 6.54. The van der Waals surface area contributed by atoms with Crippen molar-refractivity contribution in [2.24, 2.45) is 4.99 Å². The molecule has 0 radical (unpaired) electrons. The lowest BCUT2D eigenvalue weighted by atomic mass is 10.1. The molecule has 0 spiro atoms. The summed E-state index contributed by atoms with van der Waals surface area (Å²) in [5.74, 6) is 1.72. The van der Waals surface area contributed by atoms with Crippen molar-refractivity contribution in [1.82, 2.24) is 10.6 Å². The number of hydrogen-bond donors (Lipinski definition) is 2. The van der Waals surface area contributed by atoms with E-state index in [1.807, 2.05) is 32.9 Å². The summed E-state index contributed by atoms with van der Waals surface area (Å²) in [6.45, 7) is 11.9. The van der Waals surface area contributed by atoms with E-state index in [2.05, 4.69) is 22.2 Å². The Bertz CT molecular complexity index is 456. The lowest BCUT2D eigenvalue weighted by molar-refractivity contribution is 0.0311. The van der Waals surface area contributed by atoms with Gasteiger partial charge in [-0.1, -0.05) is 12.2 Å². The molecule has 0 saturated carbocycles. The first-order chi connectivity index (χ1) is 9.93. The van der Waals surface area contributed by atoms with E-state index >= 15 is 0 Å². The topological polar surface area (TPSA) is 58.8 Å². The van der Waals surface area contributed by atoms with Gasteiger partial charge in [0.25, 0.3) is 0 Å². The Hall–Kier alpha value is -1.02. The molecular formula is C16H28IN3O2. The molecule has 0 atom stereocenters. The van der Waals surface area contributed by atoms with E-state index in [9.17, 15) is 0 Å². The highest BCUT2D eigenvalue weighted by Gasteiger charge is 2.15. The maximum atomic E-state index is 5.38. The van der Waals surface area contributed by atoms with Gasteiger partial charge in [-0.2, -0.15) is 0 Å². The highest BCUT2D eigenvalue weighted by atomic mass is 127. The molecule has 1 aromatic heterocycles. The van der Waals surface area contributed by atoms with Gasteiger partial charge in [0, 0.05) is 26.6 Å². The molecule has 2 N–H and O–H groups in total. The number of methoxy groups -OCH3 is 1. The van der Waals surface area contributed by atoms with Gasteiger partial charge < -0.3 is 19.8 Å². The van der Waals surface area contributed by atoms with Gasteiger partial charge in [-0.15, -0.1) is 24.0 Å². The number of hydrogen-bond acceptors (Lipinski definition) is 3. The van der Waals surface area contributed by atoms with E-state index < -0.39 is 0 Å². The minimum atomic E-state index is -0.279. The van der Waals surface area contributed by atoms with Crippen molar-refractivity contribution in [3.8, 4) is 0 Å². The Morgan fingerprint density at radius 1 is 1.41 bits per heavy atom. The summed E-state index contributed by atoms with van der Waals surface area (Å²) < 4.78 is 10.7. The molecule has 1 aromatic rings. The van der Waals surface area contributed by atoms with Crippen LogP contribution in [0, 0.1) is 0 Å². The zero-order valence-electron chi connectivity index (χ0n) is 13.9. The summed E-state index contributed by atoms with van der Waals surface area (Å²) in [5.41, 5.74) is 0.778. The van der Waals surface area contributed by atoms with Crippen LogP contribution in [0.2, 0.25) is 0 Å². The zero-order chi connectivity index (χ0) is 15.7. The largest absolute Gasteiger partial charge is 0.469 e. The summed E-state index contributed by atoms with van der Waals surface area (Å²) in [6, 6.07) is 3.86. The van der Waals surface area contributed by atoms with Gasteiger partial charge in [0.15, 0.2) is 5.96 Å². The second kappa shape index (κ2) is 10.7. The molecule has 5 nitrogen and oxygen atoms in total. The molecule has 6 heteroatoms. The average Bonchev–Trinajstić information content (AvgIpc) is 2.94. The first-order valence-corrected chi connectivity index (χ1v) is 7.17. The average molecular weight is 421 g/mol. The number of guanidine groups is 1. The predicted octanol–water partition coefficient (Wildman–Crippen LogP) is 2.98. The lowest BCUT2D eigenvalue weighted by Gasteiger charge is -2.21. The van der Waals surface area contributed by atoms with Crippen LogP contribution in [0.15, 0.2) is 40.0 Å². The Morgan fingerprint density at radius 3 is 2.68 bits per heavy atom. The van der Waals surface area contributed by atoms with Crippen molar-refractivity contribution in [3.05, 3.63) is 36.3 Å². The van der Waals surface area contributed by atoms with Gasteiger partial charge in [0.05, 0.1) is 18.4 Å². The molecule has 1 rings (SSSR count). The highest BCUT2D eigenvalue weighted by molar-refractivity contribution is 14.0.